The molecule has 0 amide bonds. The SMILES string of the molecule is O=C(O)c1ccnc(Sc2ccccc2F)c1F. The minimum absolute atomic E-state index is 0.167. The van der Waals surface area contributed by atoms with Crippen LogP contribution in [0.5, 0.6) is 0 Å². The van der Waals surface area contributed by atoms with Crippen molar-refractivity contribution in [2.45, 2.75) is 9.92 Å². The van der Waals surface area contributed by atoms with Gasteiger partial charge in [-0.05, 0) is 18.2 Å². The first kappa shape index (κ1) is 12.5. The number of aromatic nitrogens is 1. The molecule has 1 N–H and O–H groups in total. The Labute approximate surface area is 105 Å². The number of nitrogens with zero attached hydrogens (tertiary/aromatic N) is 1. The van der Waals surface area contributed by atoms with E-state index in [1.54, 1.807) is 6.07 Å². The van der Waals surface area contributed by atoms with Gasteiger partial charge in [0.2, 0.25) is 0 Å². The van der Waals surface area contributed by atoms with E-state index in [4.69, 9.17) is 5.11 Å². The van der Waals surface area contributed by atoms with Crippen molar-refractivity contribution < 1.29 is 18.7 Å². The Hall–Kier alpha value is -1.95. The zero-order valence-electron chi connectivity index (χ0n) is 8.93. The fourth-order valence-corrected chi connectivity index (χ4v) is 2.13. The largest absolute Gasteiger partial charge is 0.478 e. The van der Waals surface area contributed by atoms with Gasteiger partial charge in [-0.1, -0.05) is 23.9 Å². The van der Waals surface area contributed by atoms with E-state index < -0.39 is 23.2 Å². The Kier molecular flexibility index (Phi) is 3.57. The highest BCUT2D eigenvalue weighted by Crippen LogP contribution is 2.30. The number of rotatable bonds is 3. The van der Waals surface area contributed by atoms with Crippen molar-refractivity contribution in [3.05, 3.63) is 53.7 Å². The molecular weight excluding hydrogens is 260 g/mol. The van der Waals surface area contributed by atoms with Gasteiger partial charge in [-0.2, -0.15) is 0 Å². The van der Waals surface area contributed by atoms with E-state index in [9.17, 15) is 13.6 Å². The standard InChI is InChI=1S/C12H7F2NO2S/c13-8-3-1-2-4-9(8)18-11-10(14)7(12(16)17)5-6-15-11/h1-6H,(H,16,17). The lowest BCUT2D eigenvalue weighted by molar-refractivity contribution is 0.0691. The second-order valence-electron chi connectivity index (χ2n) is 3.32. The number of hydrogen-bond acceptors (Lipinski definition) is 3. The Bertz CT molecular complexity index is 604. The number of hydrogen-bond donors (Lipinski definition) is 1. The summed E-state index contributed by atoms with van der Waals surface area (Å²) < 4.78 is 27.1. The van der Waals surface area contributed by atoms with Crippen LogP contribution in [0.25, 0.3) is 0 Å². The van der Waals surface area contributed by atoms with Crippen molar-refractivity contribution in [1.82, 2.24) is 4.98 Å². The molecule has 0 fully saturated rings. The molecule has 0 aliphatic carbocycles. The third-order valence-corrected chi connectivity index (χ3v) is 3.16. The van der Waals surface area contributed by atoms with Gasteiger partial charge in [-0.3, -0.25) is 0 Å². The number of halogens is 2. The Morgan fingerprint density at radius 2 is 1.94 bits per heavy atom. The molecule has 0 aliphatic heterocycles. The molecule has 0 saturated heterocycles. The van der Waals surface area contributed by atoms with Crippen LogP contribution in [0.4, 0.5) is 8.78 Å². The quantitative estimate of drug-likeness (QED) is 0.927. The maximum atomic E-state index is 13.8. The van der Waals surface area contributed by atoms with Crippen LogP contribution in [0.15, 0.2) is 46.5 Å². The molecule has 6 heteroatoms. The summed E-state index contributed by atoms with van der Waals surface area (Å²) in [5, 5.41) is 8.59. The molecule has 3 nitrogen and oxygen atoms in total. The van der Waals surface area contributed by atoms with Gasteiger partial charge >= 0.3 is 5.97 Å². The van der Waals surface area contributed by atoms with E-state index in [0.29, 0.717) is 0 Å². The molecule has 0 atom stereocenters. The highest BCUT2D eigenvalue weighted by atomic mass is 32.2. The van der Waals surface area contributed by atoms with Gasteiger partial charge in [0.1, 0.15) is 10.8 Å². The number of carboxylic acids is 1. The molecule has 2 aromatic rings. The lowest BCUT2D eigenvalue weighted by Gasteiger charge is -2.05. The van der Waals surface area contributed by atoms with Crippen LogP contribution in [0, 0.1) is 11.6 Å². The number of carboxylic acid groups (broad SMARTS) is 1. The van der Waals surface area contributed by atoms with Gasteiger partial charge in [0.05, 0.1) is 5.56 Å². The summed E-state index contributed by atoms with van der Waals surface area (Å²) in [4.78, 5) is 14.6. The van der Waals surface area contributed by atoms with Crippen molar-refractivity contribution in [1.29, 1.82) is 0 Å². The summed E-state index contributed by atoms with van der Waals surface area (Å²) in [6, 6.07) is 6.88. The summed E-state index contributed by atoms with van der Waals surface area (Å²) in [7, 11) is 0. The topological polar surface area (TPSA) is 50.2 Å². The first-order chi connectivity index (χ1) is 8.59. The summed E-state index contributed by atoms with van der Waals surface area (Å²) in [5.41, 5.74) is -0.483. The van der Waals surface area contributed by atoms with Crippen LogP contribution in [0.3, 0.4) is 0 Å². The van der Waals surface area contributed by atoms with Crippen molar-refractivity contribution in [2.24, 2.45) is 0 Å². The molecule has 92 valence electrons. The molecule has 18 heavy (non-hydrogen) atoms. The molecule has 0 spiro atoms. The Morgan fingerprint density at radius 3 is 2.61 bits per heavy atom. The zero-order valence-corrected chi connectivity index (χ0v) is 9.75. The summed E-state index contributed by atoms with van der Waals surface area (Å²) in [6.45, 7) is 0. The lowest BCUT2D eigenvalue weighted by atomic mass is 10.3. The second kappa shape index (κ2) is 5.14. The third-order valence-electron chi connectivity index (χ3n) is 2.13. The predicted molar refractivity (Wildman–Crippen MR) is 61.7 cm³/mol. The molecule has 0 unspecified atom stereocenters. The van der Waals surface area contributed by atoms with Crippen LogP contribution < -0.4 is 0 Å². The fraction of sp³-hybridized carbons (Fsp3) is 0. The van der Waals surface area contributed by atoms with Crippen LogP contribution in [0.2, 0.25) is 0 Å². The molecule has 1 heterocycles. The van der Waals surface area contributed by atoms with Gasteiger partial charge < -0.3 is 5.11 Å². The van der Waals surface area contributed by atoms with E-state index >= 15 is 0 Å². The number of pyridine rings is 1. The molecule has 1 aromatic carbocycles. The van der Waals surface area contributed by atoms with E-state index in [1.165, 1.54) is 24.4 Å². The smallest absolute Gasteiger partial charge is 0.338 e. The van der Waals surface area contributed by atoms with Gasteiger partial charge in [-0.25, -0.2) is 18.6 Å². The van der Waals surface area contributed by atoms with E-state index in [1.807, 2.05) is 0 Å². The highest BCUT2D eigenvalue weighted by molar-refractivity contribution is 7.99. The molecule has 0 radical (unpaired) electrons. The first-order valence-electron chi connectivity index (χ1n) is 4.90. The van der Waals surface area contributed by atoms with Crippen molar-refractivity contribution in [3.63, 3.8) is 0 Å². The summed E-state index contributed by atoms with van der Waals surface area (Å²) in [5.74, 6) is -2.85. The molecule has 1 aromatic heterocycles. The molecule has 2 rings (SSSR count). The number of carbonyl (C=O) groups is 1. The average molecular weight is 267 g/mol. The maximum absolute atomic E-state index is 13.8. The zero-order chi connectivity index (χ0) is 13.1. The van der Waals surface area contributed by atoms with Gasteiger partial charge in [0.15, 0.2) is 5.82 Å². The van der Waals surface area contributed by atoms with Gasteiger partial charge in [0, 0.05) is 11.1 Å². The minimum atomic E-state index is -1.38. The third kappa shape index (κ3) is 2.48. The molecular formula is C12H7F2NO2S. The first-order valence-corrected chi connectivity index (χ1v) is 5.71. The molecule has 0 aliphatic rings. The lowest BCUT2D eigenvalue weighted by Crippen LogP contribution is -2.02. The highest BCUT2D eigenvalue weighted by Gasteiger charge is 2.16. The average Bonchev–Trinajstić information content (AvgIpc) is 2.34. The minimum Gasteiger partial charge on any atom is -0.478 e. The van der Waals surface area contributed by atoms with Crippen LogP contribution in [-0.4, -0.2) is 16.1 Å². The maximum Gasteiger partial charge on any atom is 0.338 e. The molecule has 0 bridgehead atoms. The fourth-order valence-electron chi connectivity index (χ4n) is 1.29. The van der Waals surface area contributed by atoms with Crippen LogP contribution in [0.1, 0.15) is 10.4 Å². The van der Waals surface area contributed by atoms with Crippen molar-refractivity contribution in [3.8, 4) is 0 Å². The van der Waals surface area contributed by atoms with Gasteiger partial charge in [0.25, 0.3) is 0 Å². The van der Waals surface area contributed by atoms with E-state index in [-0.39, 0.29) is 9.92 Å². The van der Waals surface area contributed by atoms with Crippen LogP contribution >= 0.6 is 11.8 Å². The van der Waals surface area contributed by atoms with Gasteiger partial charge in [-0.15, -0.1) is 0 Å². The summed E-state index contributed by atoms with van der Waals surface area (Å²) in [6.07, 6.45) is 1.18. The Morgan fingerprint density at radius 1 is 1.22 bits per heavy atom. The van der Waals surface area contributed by atoms with E-state index in [0.717, 1.165) is 17.8 Å². The second-order valence-corrected chi connectivity index (χ2v) is 4.35. The Balaban J connectivity index is 2.39. The monoisotopic (exact) mass is 267 g/mol. The molecule has 0 saturated carbocycles. The number of benzene rings is 1. The predicted octanol–water partition coefficient (Wildman–Crippen LogP) is 3.21. The van der Waals surface area contributed by atoms with Crippen molar-refractivity contribution >= 4 is 17.7 Å². The normalized spacial score (nSPS) is 10.3. The van der Waals surface area contributed by atoms with Crippen molar-refractivity contribution in [2.75, 3.05) is 0 Å². The van der Waals surface area contributed by atoms with Crippen LogP contribution in [-0.2, 0) is 0 Å². The van der Waals surface area contributed by atoms with E-state index in [2.05, 4.69) is 4.98 Å². The number of aromatic carboxylic acids is 1. The summed E-state index contributed by atoms with van der Waals surface area (Å²) >= 11 is 0.748.